The van der Waals surface area contributed by atoms with E-state index in [2.05, 4.69) is 20.9 Å². The van der Waals surface area contributed by atoms with Crippen LogP contribution in [0.2, 0.25) is 0 Å². The largest absolute Gasteiger partial charge is 0.328 e. The molecule has 0 spiro atoms. The van der Waals surface area contributed by atoms with Crippen LogP contribution >= 0.6 is 0 Å². The van der Waals surface area contributed by atoms with Crippen LogP contribution in [0.3, 0.4) is 0 Å². The zero-order valence-corrected chi connectivity index (χ0v) is 13.4. The Morgan fingerprint density at radius 1 is 1.12 bits per heavy atom. The van der Waals surface area contributed by atoms with Gasteiger partial charge in [-0.25, -0.2) is 4.98 Å². The minimum atomic E-state index is -0.00290. The maximum absolute atomic E-state index is 12.2. The number of imidazole rings is 1. The van der Waals surface area contributed by atoms with Crippen LogP contribution in [0.1, 0.15) is 17.8 Å². The lowest BCUT2D eigenvalue weighted by atomic mass is 10.1. The van der Waals surface area contributed by atoms with Crippen molar-refractivity contribution in [2.45, 2.75) is 25.8 Å². The molecule has 4 nitrogen and oxygen atoms in total. The fourth-order valence-electron chi connectivity index (χ4n) is 3.23. The fourth-order valence-corrected chi connectivity index (χ4v) is 3.23. The van der Waals surface area contributed by atoms with Crippen molar-refractivity contribution in [3.63, 3.8) is 0 Å². The summed E-state index contributed by atoms with van der Waals surface area (Å²) in [5.41, 5.74) is 4.05. The molecular formula is C20H19N3O. The summed E-state index contributed by atoms with van der Waals surface area (Å²) in [6.45, 7) is 1.02. The standard InChI is InChI=1S/C20H19N3O/c24-20(12-15-6-2-1-3-7-15)22-17-9-4-8-16(13-17)18-14-21-19-10-5-11-23(18)19/h1-4,6-9,13-14H,5,10-12H2,(H,22,24). The van der Waals surface area contributed by atoms with Gasteiger partial charge < -0.3 is 9.88 Å². The number of hydrogen-bond acceptors (Lipinski definition) is 2. The number of hydrogen-bond donors (Lipinski definition) is 1. The van der Waals surface area contributed by atoms with Crippen LogP contribution < -0.4 is 5.32 Å². The van der Waals surface area contributed by atoms with Crippen LogP contribution in [0.25, 0.3) is 11.3 Å². The van der Waals surface area contributed by atoms with Crippen LogP contribution in [0.5, 0.6) is 0 Å². The maximum Gasteiger partial charge on any atom is 0.228 e. The fraction of sp³-hybridized carbons (Fsp3) is 0.200. The van der Waals surface area contributed by atoms with Crippen molar-refractivity contribution < 1.29 is 4.79 Å². The molecule has 1 aromatic heterocycles. The second kappa shape index (κ2) is 6.32. The van der Waals surface area contributed by atoms with E-state index in [0.29, 0.717) is 6.42 Å². The highest BCUT2D eigenvalue weighted by Crippen LogP contribution is 2.27. The van der Waals surface area contributed by atoms with E-state index in [-0.39, 0.29) is 5.91 Å². The molecule has 1 aliphatic rings. The number of nitrogens with zero attached hydrogens (tertiary/aromatic N) is 2. The normalized spacial score (nSPS) is 12.8. The molecule has 0 radical (unpaired) electrons. The molecule has 24 heavy (non-hydrogen) atoms. The van der Waals surface area contributed by atoms with Gasteiger partial charge in [-0.2, -0.15) is 0 Å². The summed E-state index contributed by atoms with van der Waals surface area (Å²) < 4.78 is 2.27. The van der Waals surface area contributed by atoms with E-state index in [0.717, 1.165) is 47.7 Å². The van der Waals surface area contributed by atoms with Gasteiger partial charge in [0.05, 0.1) is 18.3 Å². The van der Waals surface area contributed by atoms with E-state index in [1.807, 2.05) is 54.7 Å². The van der Waals surface area contributed by atoms with Crippen LogP contribution in [0, 0.1) is 0 Å². The van der Waals surface area contributed by atoms with Gasteiger partial charge in [0, 0.05) is 24.2 Å². The molecule has 120 valence electrons. The Balaban J connectivity index is 1.51. The minimum Gasteiger partial charge on any atom is -0.328 e. The number of benzene rings is 2. The molecule has 0 aliphatic carbocycles. The highest BCUT2D eigenvalue weighted by molar-refractivity contribution is 5.92. The molecule has 2 heterocycles. The number of carbonyl (C=O) groups is 1. The first-order chi connectivity index (χ1) is 11.8. The van der Waals surface area contributed by atoms with E-state index < -0.39 is 0 Å². The molecule has 1 aliphatic heterocycles. The first kappa shape index (κ1) is 14.7. The molecule has 4 heteroatoms. The summed E-state index contributed by atoms with van der Waals surface area (Å²) in [5, 5.41) is 2.99. The van der Waals surface area contributed by atoms with Crippen molar-refractivity contribution in [2.24, 2.45) is 0 Å². The summed E-state index contributed by atoms with van der Waals surface area (Å²) in [6, 6.07) is 17.8. The smallest absolute Gasteiger partial charge is 0.228 e. The van der Waals surface area contributed by atoms with Gasteiger partial charge in [-0.3, -0.25) is 4.79 Å². The molecule has 1 amide bonds. The molecular weight excluding hydrogens is 298 g/mol. The Kier molecular flexibility index (Phi) is 3.87. The third kappa shape index (κ3) is 2.95. The Labute approximate surface area is 141 Å². The van der Waals surface area contributed by atoms with Gasteiger partial charge >= 0.3 is 0 Å². The predicted molar refractivity (Wildman–Crippen MR) is 94.8 cm³/mol. The van der Waals surface area contributed by atoms with Gasteiger partial charge in [-0.1, -0.05) is 42.5 Å². The third-order valence-electron chi connectivity index (χ3n) is 4.37. The minimum absolute atomic E-state index is 0.00290. The maximum atomic E-state index is 12.2. The highest BCUT2D eigenvalue weighted by Gasteiger charge is 2.16. The van der Waals surface area contributed by atoms with Gasteiger partial charge in [0.1, 0.15) is 5.82 Å². The molecule has 2 aromatic carbocycles. The first-order valence-electron chi connectivity index (χ1n) is 8.28. The molecule has 0 unspecified atom stereocenters. The molecule has 0 saturated carbocycles. The molecule has 0 saturated heterocycles. The quantitative estimate of drug-likeness (QED) is 0.798. The second-order valence-electron chi connectivity index (χ2n) is 6.11. The lowest BCUT2D eigenvalue weighted by Gasteiger charge is -2.09. The zero-order valence-electron chi connectivity index (χ0n) is 13.4. The van der Waals surface area contributed by atoms with Crippen molar-refractivity contribution in [2.75, 3.05) is 5.32 Å². The van der Waals surface area contributed by atoms with E-state index >= 15 is 0 Å². The molecule has 4 rings (SSSR count). The van der Waals surface area contributed by atoms with E-state index in [4.69, 9.17) is 0 Å². The first-order valence-corrected chi connectivity index (χ1v) is 8.28. The Hall–Kier alpha value is -2.88. The molecule has 0 fully saturated rings. The van der Waals surface area contributed by atoms with Crippen LogP contribution in [-0.4, -0.2) is 15.5 Å². The Morgan fingerprint density at radius 3 is 2.88 bits per heavy atom. The van der Waals surface area contributed by atoms with Gasteiger partial charge in [0.15, 0.2) is 0 Å². The monoisotopic (exact) mass is 317 g/mol. The van der Waals surface area contributed by atoms with E-state index in [9.17, 15) is 4.79 Å². The van der Waals surface area contributed by atoms with Crippen LogP contribution in [-0.2, 0) is 24.2 Å². The number of aryl methyl sites for hydroxylation is 1. The second-order valence-corrected chi connectivity index (χ2v) is 6.11. The lowest BCUT2D eigenvalue weighted by molar-refractivity contribution is -0.115. The van der Waals surface area contributed by atoms with Crippen LogP contribution in [0.4, 0.5) is 5.69 Å². The topological polar surface area (TPSA) is 46.9 Å². The van der Waals surface area contributed by atoms with E-state index in [1.54, 1.807) is 0 Å². The highest BCUT2D eigenvalue weighted by atomic mass is 16.1. The SMILES string of the molecule is O=C(Cc1ccccc1)Nc1cccc(-c2cnc3n2CCC3)c1. The third-order valence-corrected chi connectivity index (χ3v) is 4.37. The Bertz CT molecular complexity index is 868. The van der Waals surface area contributed by atoms with Crippen molar-refractivity contribution in [3.8, 4) is 11.3 Å². The van der Waals surface area contributed by atoms with E-state index in [1.165, 1.54) is 0 Å². The summed E-state index contributed by atoms with van der Waals surface area (Å²) in [4.78, 5) is 16.7. The van der Waals surface area contributed by atoms with Crippen LogP contribution in [0.15, 0.2) is 60.8 Å². The van der Waals surface area contributed by atoms with Gasteiger partial charge in [0.25, 0.3) is 0 Å². The van der Waals surface area contributed by atoms with Crippen molar-refractivity contribution in [1.29, 1.82) is 0 Å². The zero-order chi connectivity index (χ0) is 16.4. The number of nitrogens with one attached hydrogen (secondary N) is 1. The summed E-state index contributed by atoms with van der Waals surface area (Å²) in [5.74, 6) is 1.15. The molecule has 0 bridgehead atoms. The van der Waals surface area contributed by atoms with Crippen molar-refractivity contribution in [3.05, 3.63) is 72.2 Å². The number of rotatable bonds is 4. The number of carbonyl (C=O) groups excluding carboxylic acids is 1. The summed E-state index contributed by atoms with van der Waals surface area (Å²) in [6.07, 6.45) is 4.52. The lowest BCUT2D eigenvalue weighted by Crippen LogP contribution is -2.14. The Morgan fingerprint density at radius 2 is 2.00 bits per heavy atom. The van der Waals surface area contributed by atoms with Crippen molar-refractivity contribution >= 4 is 11.6 Å². The molecule has 0 atom stereocenters. The average molecular weight is 317 g/mol. The van der Waals surface area contributed by atoms with Crippen molar-refractivity contribution in [1.82, 2.24) is 9.55 Å². The summed E-state index contributed by atoms with van der Waals surface area (Å²) >= 11 is 0. The van der Waals surface area contributed by atoms with Gasteiger partial charge in [-0.15, -0.1) is 0 Å². The molecule has 3 aromatic rings. The van der Waals surface area contributed by atoms with Gasteiger partial charge in [0.2, 0.25) is 5.91 Å². The predicted octanol–water partition coefficient (Wildman–Crippen LogP) is 3.68. The van der Waals surface area contributed by atoms with Gasteiger partial charge in [-0.05, 0) is 24.1 Å². The number of fused-ring (bicyclic) bond motifs is 1. The molecule has 1 N–H and O–H groups in total. The number of amides is 1. The number of aromatic nitrogens is 2. The summed E-state index contributed by atoms with van der Waals surface area (Å²) in [7, 11) is 0. The number of anilines is 1. The average Bonchev–Trinajstić information content (AvgIpc) is 3.19.